The highest BCUT2D eigenvalue weighted by atomic mass is 16.7. The first-order chi connectivity index (χ1) is 8.51. The van der Waals surface area contributed by atoms with Gasteiger partial charge in [-0.2, -0.15) is 0 Å². The molecule has 0 atom stereocenters. The SMILES string of the molecule is COCOc1cc([N+](=O)[O-])c(C(C)=O)cc1OC. The van der Waals surface area contributed by atoms with E-state index in [0.29, 0.717) is 0 Å². The lowest BCUT2D eigenvalue weighted by Crippen LogP contribution is -2.05. The summed E-state index contributed by atoms with van der Waals surface area (Å²) in [5.74, 6) is -0.0304. The van der Waals surface area contributed by atoms with Gasteiger partial charge >= 0.3 is 0 Å². The number of nitro groups is 1. The molecule has 7 nitrogen and oxygen atoms in total. The Labute approximate surface area is 103 Å². The second-order valence-corrected chi connectivity index (χ2v) is 3.38. The Balaban J connectivity index is 3.31. The second kappa shape index (κ2) is 5.97. The molecule has 0 aliphatic rings. The molecule has 1 aromatic carbocycles. The smallest absolute Gasteiger partial charge is 0.284 e. The average Bonchev–Trinajstić information content (AvgIpc) is 2.34. The third-order valence-electron chi connectivity index (χ3n) is 2.19. The predicted molar refractivity (Wildman–Crippen MR) is 62.2 cm³/mol. The zero-order valence-electron chi connectivity index (χ0n) is 10.3. The van der Waals surface area contributed by atoms with Crippen molar-refractivity contribution in [1.82, 2.24) is 0 Å². The Kier molecular flexibility index (Phi) is 4.61. The molecule has 1 aromatic rings. The van der Waals surface area contributed by atoms with Gasteiger partial charge in [-0.1, -0.05) is 0 Å². The molecule has 0 fully saturated rings. The van der Waals surface area contributed by atoms with E-state index in [9.17, 15) is 14.9 Å². The lowest BCUT2D eigenvalue weighted by atomic mass is 10.1. The van der Waals surface area contributed by atoms with Crippen LogP contribution < -0.4 is 9.47 Å². The number of Topliss-reactive ketones (excluding diaryl/α,β-unsaturated/α-hetero) is 1. The van der Waals surface area contributed by atoms with Crippen LogP contribution in [-0.2, 0) is 4.74 Å². The van der Waals surface area contributed by atoms with Crippen LogP contribution in [0.4, 0.5) is 5.69 Å². The average molecular weight is 255 g/mol. The van der Waals surface area contributed by atoms with Crippen LogP contribution >= 0.6 is 0 Å². The molecule has 0 aliphatic carbocycles. The Bertz CT molecular complexity index is 471. The van der Waals surface area contributed by atoms with E-state index in [2.05, 4.69) is 0 Å². The lowest BCUT2D eigenvalue weighted by Gasteiger charge is -2.11. The molecule has 0 aromatic heterocycles. The van der Waals surface area contributed by atoms with E-state index in [1.54, 1.807) is 0 Å². The molecule has 0 bridgehead atoms. The molecule has 0 amide bonds. The summed E-state index contributed by atoms with van der Waals surface area (Å²) in [5, 5.41) is 10.9. The molecular formula is C11H13NO6. The second-order valence-electron chi connectivity index (χ2n) is 3.38. The highest BCUT2D eigenvalue weighted by Gasteiger charge is 2.22. The van der Waals surface area contributed by atoms with E-state index < -0.39 is 10.7 Å². The van der Waals surface area contributed by atoms with Crippen LogP contribution in [0.5, 0.6) is 11.5 Å². The van der Waals surface area contributed by atoms with E-state index in [1.165, 1.54) is 27.2 Å². The fourth-order valence-electron chi connectivity index (χ4n) is 1.38. The van der Waals surface area contributed by atoms with Gasteiger partial charge in [0.2, 0.25) is 0 Å². The third-order valence-corrected chi connectivity index (χ3v) is 2.19. The van der Waals surface area contributed by atoms with Gasteiger partial charge in [0.15, 0.2) is 24.1 Å². The first kappa shape index (κ1) is 13.9. The minimum Gasteiger partial charge on any atom is -0.493 e. The van der Waals surface area contributed by atoms with Crippen LogP contribution in [0.15, 0.2) is 12.1 Å². The summed E-state index contributed by atoms with van der Waals surface area (Å²) in [6.07, 6.45) is 0. The normalized spacial score (nSPS) is 9.94. The number of ether oxygens (including phenoxy) is 3. The van der Waals surface area contributed by atoms with Crippen LogP contribution in [0.25, 0.3) is 0 Å². The van der Waals surface area contributed by atoms with E-state index in [-0.39, 0.29) is 29.5 Å². The van der Waals surface area contributed by atoms with Crippen molar-refractivity contribution in [3.05, 3.63) is 27.8 Å². The molecule has 0 saturated carbocycles. The topological polar surface area (TPSA) is 87.9 Å². The first-order valence-corrected chi connectivity index (χ1v) is 5.00. The summed E-state index contributed by atoms with van der Waals surface area (Å²) >= 11 is 0. The van der Waals surface area contributed by atoms with Crippen molar-refractivity contribution >= 4 is 11.5 Å². The molecule has 0 radical (unpaired) electrons. The zero-order valence-corrected chi connectivity index (χ0v) is 10.3. The highest BCUT2D eigenvalue weighted by Crippen LogP contribution is 2.34. The maximum Gasteiger partial charge on any atom is 0.284 e. The fourth-order valence-corrected chi connectivity index (χ4v) is 1.38. The van der Waals surface area contributed by atoms with Gasteiger partial charge in [-0.3, -0.25) is 14.9 Å². The molecule has 0 N–H and O–H groups in total. The third kappa shape index (κ3) is 2.95. The molecular weight excluding hydrogens is 242 g/mol. The summed E-state index contributed by atoms with van der Waals surface area (Å²) in [6, 6.07) is 2.43. The minimum atomic E-state index is -0.643. The largest absolute Gasteiger partial charge is 0.493 e. The maximum absolute atomic E-state index is 11.3. The number of carbonyl (C=O) groups excluding carboxylic acids is 1. The zero-order chi connectivity index (χ0) is 13.7. The number of hydrogen-bond donors (Lipinski definition) is 0. The molecule has 0 aliphatic heterocycles. The number of ketones is 1. The standard InChI is InChI=1S/C11H13NO6/c1-7(13)8-4-10(17-3)11(18-6-16-2)5-9(8)12(14)15/h4-5H,6H2,1-3H3. The van der Waals surface area contributed by atoms with Crippen molar-refractivity contribution < 1.29 is 23.9 Å². The molecule has 98 valence electrons. The minimum absolute atomic E-state index is 0.0263. The van der Waals surface area contributed by atoms with Gasteiger partial charge in [0.25, 0.3) is 5.69 Å². The summed E-state index contributed by atoms with van der Waals surface area (Å²) in [7, 11) is 2.80. The molecule has 0 unspecified atom stereocenters. The number of carbonyl (C=O) groups is 1. The number of methoxy groups -OCH3 is 2. The number of hydrogen-bond acceptors (Lipinski definition) is 6. The fraction of sp³-hybridized carbons (Fsp3) is 0.364. The Morgan fingerprint density at radius 3 is 2.44 bits per heavy atom. The Morgan fingerprint density at radius 2 is 2.00 bits per heavy atom. The molecule has 0 heterocycles. The lowest BCUT2D eigenvalue weighted by molar-refractivity contribution is -0.385. The van der Waals surface area contributed by atoms with Crippen molar-refractivity contribution in [1.29, 1.82) is 0 Å². The quantitative estimate of drug-likeness (QED) is 0.333. The van der Waals surface area contributed by atoms with Crippen molar-refractivity contribution in [2.75, 3.05) is 21.0 Å². The van der Waals surface area contributed by atoms with Crippen molar-refractivity contribution in [2.24, 2.45) is 0 Å². The first-order valence-electron chi connectivity index (χ1n) is 5.00. The van der Waals surface area contributed by atoms with E-state index >= 15 is 0 Å². The van der Waals surface area contributed by atoms with Gasteiger partial charge in [-0.15, -0.1) is 0 Å². The van der Waals surface area contributed by atoms with Crippen LogP contribution in [0, 0.1) is 10.1 Å². The number of nitro benzene ring substituents is 1. The van der Waals surface area contributed by atoms with Crippen molar-refractivity contribution in [2.45, 2.75) is 6.92 Å². The molecule has 0 spiro atoms. The van der Waals surface area contributed by atoms with Crippen LogP contribution in [0.1, 0.15) is 17.3 Å². The molecule has 0 saturated heterocycles. The van der Waals surface area contributed by atoms with E-state index in [1.807, 2.05) is 0 Å². The van der Waals surface area contributed by atoms with E-state index in [4.69, 9.17) is 14.2 Å². The molecule has 1 rings (SSSR count). The number of nitrogens with zero attached hydrogens (tertiary/aromatic N) is 1. The van der Waals surface area contributed by atoms with Gasteiger partial charge in [-0.25, -0.2) is 0 Å². The van der Waals surface area contributed by atoms with Crippen LogP contribution in [0.2, 0.25) is 0 Å². The highest BCUT2D eigenvalue weighted by molar-refractivity contribution is 5.98. The summed E-state index contributed by atoms with van der Waals surface area (Å²) in [6.45, 7) is 1.17. The van der Waals surface area contributed by atoms with Gasteiger partial charge in [0.1, 0.15) is 0 Å². The van der Waals surface area contributed by atoms with Gasteiger partial charge in [-0.05, 0) is 6.92 Å². The number of rotatable bonds is 6. The van der Waals surface area contributed by atoms with E-state index in [0.717, 1.165) is 6.07 Å². The Morgan fingerprint density at radius 1 is 1.33 bits per heavy atom. The van der Waals surface area contributed by atoms with Crippen LogP contribution in [0.3, 0.4) is 0 Å². The summed E-state index contributed by atoms with van der Waals surface area (Å²) in [4.78, 5) is 21.6. The van der Waals surface area contributed by atoms with Crippen molar-refractivity contribution in [3.8, 4) is 11.5 Å². The molecule has 7 heteroatoms. The van der Waals surface area contributed by atoms with Crippen LogP contribution in [-0.4, -0.2) is 31.7 Å². The molecule has 18 heavy (non-hydrogen) atoms. The monoisotopic (exact) mass is 255 g/mol. The summed E-state index contributed by atoms with van der Waals surface area (Å²) < 4.78 is 14.9. The predicted octanol–water partition coefficient (Wildman–Crippen LogP) is 1.79. The van der Waals surface area contributed by atoms with Crippen molar-refractivity contribution in [3.63, 3.8) is 0 Å². The van der Waals surface area contributed by atoms with Gasteiger partial charge in [0, 0.05) is 13.2 Å². The number of benzene rings is 1. The Hall–Kier alpha value is -2.15. The van der Waals surface area contributed by atoms with Gasteiger partial charge < -0.3 is 14.2 Å². The van der Waals surface area contributed by atoms with Gasteiger partial charge in [0.05, 0.1) is 23.7 Å². The summed E-state index contributed by atoms with van der Waals surface area (Å²) in [5.41, 5.74) is -0.351. The maximum atomic E-state index is 11.3.